The lowest BCUT2D eigenvalue weighted by atomic mass is 10.2. The Labute approximate surface area is 130 Å². The number of nitrogens with zero attached hydrogens (tertiary/aromatic N) is 1. The van der Waals surface area contributed by atoms with Gasteiger partial charge in [0.15, 0.2) is 0 Å². The summed E-state index contributed by atoms with van der Waals surface area (Å²) in [5.41, 5.74) is 0.277. The summed E-state index contributed by atoms with van der Waals surface area (Å²) >= 11 is 0. The van der Waals surface area contributed by atoms with Crippen molar-refractivity contribution in [2.24, 2.45) is 0 Å². The number of H-pyrrole nitrogens is 1. The van der Waals surface area contributed by atoms with Crippen molar-refractivity contribution in [1.29, 1.82) is 0 Å². The molecule has 2 heterocycles. The lowest BCUT2D eigenvalue weighted by molar-refractivity contribution is 0.102. The molecule has 3 aromatic rings. The summed E-state index contributed by atoms with van der Waals surface area (Å²) in [5.74, 6) is 0.551. The largest absolute Gasteiger partial charge is 0.497 e. The number of ether oxygens (including phenoxy) is 1. The molecule has 7 nitrogen and oxygen atoms in total. The molecule has 0 aliphatic heterocycles. The molecule has 2 N–H and O–H groups in total. The van der Waals surface area contributed by atoms with Gasteiger partial charge in [0.05, 0.1) is 19.1 Å². The average molecular weight is 311 g/mol. The molecular weight excluding hydrogens is 298 g/mol. The maximum Gasteiger partial charge on any atom is 0.346 e. The Kier molecular flexibility index (Phi) is 3.92. The first-order valence-corrected chi connectivity index (χ1v) is 6.76. The van der Waals surface area contributed by atoms with Gasteiger partial charge in [-0.25, -0.2) is 4.79 Å². The number of rotatable bonds is 4. The van der Waals surface area contributed by atoms with E-state index in [9.17, 15) is 9.59 Å². The van der Waals surface area contributed by atoms with Gasteiger partial charge in [-0.3, -0.25) is 4.79 Å². The van der Waals surface area contributed by atoms with E-state index < -0.39 is 11.6 Å². The summed E-state index contributed by atoms with van der Waals surface area (Å²) in [6, 6.07) is 11.7. The molecule has 0 spiro atoms. The minimum atomic E-state index is -0.630. The van der Waals surface area contributed by atoms with Crippen LogP contribution in [0.1, 0.15) is 10.5 Å². The molecule has 3 rings (SSSR count). The number of nitrogens with one attached hydrogen (secondary N) is 2. The standard InChI is InChI=1S/C16H13N3O4/c1-22-11-5-2-4-10(8-11)17-15(20)13-9-12(18-16(21)19-13)14-6-3-7-23-14/h2-9H,1H3,(H,17,20)(H,18,19,21). The first-order valence-electron chi connectivity index (χ1n) is 6.76. The number of aromatic amines is 1. The van der Waals surface area contributed by atoms with Crippen LogP contribution in [-0.2, 0) is 0 Å². The van der Waals surface area contributed by atoms with Crippen molar-refractivity contribution < 1.29 is 13.9 Å². The fourth-order valence-corrected chi connectivity index (χ4v) is 2.03. The Morgan fingerprint density at radius 1 is 1.26 bits per heavy atom. The van der Waals surface area contributed by atoms with E-state index in [-0.39, 0.29) is 5.69 Å². The van der Waals surface area contributed by atoms with Crippen LogP contribution in [0, 0.1) is 0 Å². The molecule has 2 aromatic heterocycles. The number of furan rings is 1. The van der Waals surface area contributed by atoms with Gasteiger partial charge in [-0.15, -0.1) is 0 Å². The molecule has 0 aliphatic carbocycles. The van der Waals surface area contributed by atoms with Gasteiger partial charge in [0, 0.05) is 11.8 Å². The number of aromatic nitrogens is 2. The molecule has 0 unspecified atom stereocenters. The second kappa shape index (κ2) is 6.18. The summed E-state index contributed by atoms with van der Waals surface area (Å²) < 4.78 is 10.3. The third kappa shape index (κ3) is 3.29. The normalized spacial score (nSPS) is 10.3. The van der Waals surface area contributed by atoms with E-state index in [1.807, 2.05) is 0 Å². The van der Waals surface area contributed by atoms with Crippen molar-refractivity contribution in [3.63, 3.8) is 0 Å². The van der Waals surface area contributed by atoms with Gasteiger partial charge >= 0.3 is 5.69 Å². The highest BCUT2D eigenvalue weighted by atomic mass is 16.5. The number of benzene rings is 1. The van der Waals surface area contributed by atoms with Crippen molar-refractivity contribution >= 4 is 11.6 Å². The van der Waals surface area contributed by atoms with Crippen LogP contribution in [0.15, 0.2) is 57.9 Å². The number of hydrogen-bond donors (Lipinski definition) is 2. The van der Waals surface area contributed by atoms with Gasteiger partial charge in [-0.05, 0) is 30.3 Å². The van der Waals surface area contributed by atoms with Gasteiger partial charge < -0.3 is 19.5 Å². The fourth-order valence-electron chi connectivity index (χ4n) is 2.03. The van der Waals surface area contributed by atoms with Crippen LogP contribution in [0.3, 0.4) is 0 Å². The molecule has 116 valence electrons. The minimum absolute atomic E-state index is 0.0111. The van der Waals surface area contributed by atoms with Crippen LogP contribution >= 0.6 is 0 Å². The van der Waals surface area contributed by atoms with Gasteiger partial charge in [0.1, 0.15) is 17.2 Å². The molecule has 0 saturated carbocycles. The van der Waals surface area contributed by atoms with Crippen LogP contribution in [-0.4, -0.2) is 23.0 Å². The van der Waals surface area contributed by atoms with Crippen LogP contribution in [0.2, 0.25) is 0 Å². The molecule has 0 aliphatic rings. The van der Waals surface area contributed by atoms with Crippen molar-refractivity contribution in [3.8, 4) is 17.2 Å². The zero-order valence-corrected chi connectivity index (χ0v) is 12.2. The summed E-state index contributed by atoms with van der Waals surface area (Å²) in [6.45, 7) is 0. The van der Waals surface area contributed by atoms with E-state index >= 15 is 0 Å². The predicted octanol–water partition coefficient (Wildman–Crippen LogP) is 2.29. The van der Waals surface area contributed by atoms with Crippen molar-refractivity contribution in [2.45, 2.75) is 0 Å². The quantitative estimate of drug-likeness (QED) is 0.770. The van der Waals surface area contributed by atoms with Gasteiger partial charge in [0.2, 0.25) is 0 Å². The van der Waals surface area contributed by atoms with Crippen molar-refractivity contribution in [2.75, 3.05) is 12.4 Å². The molecule has 0 radical (unpaired) electrons. The molecule has 0 atom stereocenters. The number of amides is 1. The molecule has 1 aromatic carbocycles. The highest BCUT2D eigenvalue weighted by molar-refractivity contribution is 6.03. The lowest BCUT2D eigenvalue weighted by Crippen LogP contribution is -2.21. The summed E-state index contributed by atoms with van der Waals surface area (Å²) in [7, 11) is 1.54. The average Bonchev–Trinajstić information content (AvgIpc) is 3.09. The van der Waals surface area contributed by atoms with Crippen LogP contribution in [0.25, 0.3) is 11.5 Å². The third-order valence-corrected chi connectivity index (χ3v) is 3.09. The molecule has 23 heavy (non-hydrogen) atoms. The summed E-state index contributed by atoms with van der Waals surface area (Å²) in [6.07, 6.45) is 1.48. The Balaban J connectivity index is 1.89. The number of hydrogen-bond acceptors (Lipinski definition) is 5. The molecular formula is C16H13N3O4. The first-order chi connectivity index (χ1) is 11.2. The molecule has 7 heteroatoms. The third-order valence-electron chi connectivity index (χ3n) is 3.09. The predicted molar refractivity (Wildman–Crippen MR) is 83.5 cm³/mol. The molecule has 0 fully saturated rings. The lowest BCUT2D eigenvalue weighted by Gasteiger charge is -2.07. The smallest absolute Gasteiger partial charge is 0.346 e. The Morgan fingerprint density at radius 3 is 2.87 bits per heavy atom. The van der Waals surface area contributed by atoms with Crippen LogP contribution < -0.4 is 15.7 Å². The highest BCUT2D eigenvalue weighted by Gasteiger charge is 2.13. The topological polar surface area (TPSA) is 97.2 Å². The monoisotopic (exact) mass is 311 g/mol. The zero-order valence-electron chi connectivity index (χ0n) is 12.2. The Morgan fingerprint density at radius 2 is 2.13 bits per heavy atom. The SMILES string of the molecule is COc1cccc(NC(=O)c2cc(-c3ccco3)[nH]c(=O)n2)c1. The van der Waals surface area contributed by atoms with E-state index in [0.717, 1.165) is 0 Å². The number of anilines is 1. The van der Waals surface area contributed by atoms with Gasteiger partial charge in [-0.2, -0.15) is 4.98 Å². The maximum atomic E-state index is 12.3. The molecule has 0 bridgehead atoms. The van der Waals surface area contributed by atoms with E-state index in [4.69, 9.17) is 9.15 Å². The van der Waals surface area contributed by atoms with E-state index in [0.29, 0.717) is 22.9 Å². The van der Waals surface area contributed by atoms with E-state index in [2.05, 4.69) is 15.3 Å². The van der Waals surface area contributed by atoms with Crippen LogP contribution in [0.5, 0.6) is 5.75 Å². The first kappa shape index (κ1) is 14.6. The summed E-state index contributed by atoms with van der Waals surface area (Å²) in [4.78, 5) is 30.2. The summed E-state index contributed by atoms with van der Waals surface area (Å²) in [5, 5.41) is 2.67. The second-order valence-electron chi connectivity index (χ2n) is 4.65. The van der Waals surface area contributed by atoms with Gasteiger partial charge in [0.25, 0.3) is 5.91 Å². The number of carbonyl (C=O) groups is 1. The maximum absolute atomic E-state index is 12.3. The van der Waals surface area contributed by atoms with Gasteiger partial charge in [-0.1, -0.05) is 6.07 Å². The Hall–Kier alpha value is -3.35. The number of carbonyl (C=O) groups excluding carboxylic acids is 1. The molecule has 0 saturated heterocycles. The second-order valence-corrected chi connectivity index (χ2v) is 4.65. The Bertz CT molecular complexity index is 884. The van der Waals surface area contributed by atoms with Crippen LogP contribution in [0.4, 0.5) is 5.69 Å². The molecule has 1 amide bonds. The highest BCUT2D eigenvalue weighted by Crippen LogP contribution is 2.19. The van der Waals surface area contributed by atoms with E-state index in [1.54, 1.807) is 36.4 Å². The minimum Gasteiger partial charge on any atom is -0.497 e. The zero-order chi connectivity index (χ0) is 16.2. The van der Waals surface area contributed by atoms with E-state index in [1.165, 1.54) is 19.4 Å². The van der Waals surface area contributed by atoms with Crippen molar-refractivity contribution in [3.05, 3.63) is 64.9 Å². The van der Waals surface area contributed by atoms with Crippen molar-refractivity contribution in [1.82, 2.24) is 9.97 Å². The fraction of sp³-hybridized carbons (Fsp3) is 0.0625. The number of methoxy groups -OCH3 is 1.